The zero-order valence-corrected chi connectivity index (χ0v) is 11.7. The molecule has 0 bridgehead atoms. The number of hydrogen-bond donors (Lipinski definition) is 1. The first-order valence-corrected chi connectivity index (χ1v) is 6.93. The molecule has 0 saturated carbocycles. The topological polar surface area (TPSA) is 58.6 Å². The van der Waals surface area contributed by atoms with Gasteiger partial charge in [-0.1, -0.05) is 18.2 Å². The Morgan fingerprint density at radius 3 is 2.55 bits per heavy atom. The van der Waals surface area contributed by atoms with E-state index in [0.29, 0.717) is 5.75 Å². The van der Waals surface area contributed by atoms with Gasteiger partial charge >= 0.3 is 0 Å². The number of ether oxygens (including phenoxy) is 1. The van der Waals surface area contributed by atoms with Gasteiger partial charge in [0.25, 0.3) is 5.91 Å². The maximum atomic E-state index is 12.0. The number of benzene rings is 1. The lowest BCUT2D eigenvalue weighted by Gasteiger charge is -2.21. The van der Waals surface area contributed by atoms with E-state index >= 15 is 0 Å². The number of rotatable bonds is 5. The SMILES string of the molecule is C[C@H](NC(=O)COc1ccccc1)C(=O)N1CCCC1. The minimum absolute atomic E-state index is 0.0180. The van der Waals surface area contributed by atoms with Crippen molar-refractivity contribution in [3.05, 3.63) is 30.3 Å². The third-order valence-corrected chi connectivity index (χ3v) is 3.28. The molecule has 1 saturated heterocycles. The van der Waals surface area contributed by atoms with Crippen LogP contribution in [0.15, 0.2) is 30.3 Å². The highest BCUT2D eigenvalue weighted by molar-refractivity contribution is 5.87. The molecule has 0 radical (unpaired) electrons. The van der Waals surface area contributed by atoms with Crippen molar-refractivity contribution >= 4 is 11.8 Å². The summed E-state index contributed by atoms with van der Waals surface area (Å²) in [5.74, 6) is 0.339. The normalized spacial score (nSPS) is 15.8. The van der Waals surface area contributed by atoms with Crippen LogP contribution in [0.2, 0.25) is 0 Å². The molecule has 2 amide bonds. The van der Waals surface area contributed by atoms with Gasteiger partial charge in [0.1, 0.15) is 11.8 Å². The summed E-state index contributed by atoms with van der Waals surface area (Å²) >= 11 is 0. The smallest absolute Gasteiger partial charge is 0.258 e. The highest BCUT2D eigenvalue weighted by Gasteiger charge is 2.24. The Hall–Kier alpha value is -2.04. The number of nitrogens with zero attached hydrogens (tertiary/aromatic N) is 1. The summed E-state index contributed by atoms with van der Waals surface area (Å²) in [5, 5.41) is 2.67. The van der Waals surface area contributed by atoms with E-state index in [9.17, 15) is 9.59 Å². The lowest BCUT2D eigenvalue weighted by Crippen LogP contribution is -2.47. The number of para-hydroxylation sites is 1. The van der Waals surface area contributed by atoms with Gasteiger partial charge in [-0.3, -0.25) is 9.59 Å². The monoisotopic (exact) mass is 276 g/mol. The number of carbonyl (C=O) groups is 2. The van der Waals surface area contributed by atoms with Crippen LogP contribution in [-0.4, -0.2) is 42.5 Å². The van der Waals surface area contributed by atoms with Gasteiger partial charge in [-0.05, 0) is 31.9 Å². The molecule has 0 unspecified atom stereocenters. The lowest BCUT2D eigenvalue weighted by molar-refractivity contribution is -0.135. The Balaban J connectivity index is 1.74. The number of hydrogen-bond acceptors (Lipinski definition) is 3. The van der Waals surface area contributed by atoms with Crippen molar-refractivity contribution in [2.24, 2.45) is 0 Å². The van der Waals surface area contributed by atoms with Gasteiger partial charge in [0.2, 0.25) is 5.91 Å². The molecule has 1 N–H and O–H groups in total. The Morgan fingerprint density at radius 1 is 1.25 bits per heavy atom. The first-order chi connectivity index (χ1) is 9.66. The molecule has 1 atom stereocenters. The van der Waals surface area contributed by atoms with Crippen LogP contribution in [0.1, 0.15) is 19.8 Å². The summed E-state index contributed by atoms with van der Waals surface area (Å²) in [4.78, 5) is 25.6. The Kier molecular flexibility index (Phi) is 4.98. The fraction of sp³-hybridized carbons (Fsp3) is 0.467. The summed E-state index contributed by atoms with van der Waals surface area (Å²) in [6.45, 7) is 3.21. The van der Waals surface area contributed by atoms with Gasteiger partial charge in [-0.15, -0.1) is 0 Å². The fourth-order valence-electron chi connectivity index (χ4n) is 2.22. The van der Waals surface area contributed by atoms with Crippen molar-refractivity contribution in [2.45, 2.75) is 25.8 Å². The molecule has 1 heterocycles. The van der Waals surface area contributed by atoms with Crippen LogP contribution in [0.5, 0.6) is 5.75 Å². The van der Waals surface area contributed by atoms with Crippen LogP contribution < -0.4 is 10.1 Å². The van der Waals surface area contributed by atoms with Crippen LogP contribution in [-0.2, 0) is 9.59 Å². The Morgan fingerprint density at radius 2 is 1.90 bits per heavy atom. The molecule has 2 rings (SSSR count). The van der Waals surface area contributed by atoms with Gasteiger partial charge in [-0.25, -0.2) is 0 Å². The van der Waals surface area contributed by atoms with Crippen molar-refractivity contribution in [3.8, 4) is 5.75 Å². The minimum Gasteiger partial charge on any atom is -0.484 e. The highest BCUT2D eigenvalue weighted by Crippen LogP contribution is 2.09. The summed E-state index contributed by atoms with van der Waals surface area (Å²) in [5.41, 5.74) is 0. The molecular formula is C15H20N2O3. The zero-order chi connectivity index (χ0) is 14.4. The van der Waals surface area contributed by atoms with E-state index in [1.807, 2.05) is 18.2 Å². The fourth-order valence-corrected chi connectivity index (χ4v) is 2.22. The lowest BCUT2D eigenvalue weighted by atomic mass is 10.3. The summed E-state index contributed by atoms with van der Waals surface area (Å²) in [6, 6.07) is 8.63. The third kappa shape index (κ3) is 3.98. The van der Waals surface area contributed by atoms with E-state index in [2.05, 4.69) is 5.32 Å². The van der Waals surface area contributed by atoms with E-state index in [-0.39, 0.29) is 18.4 Å². The molecule has 0 spiro atoms. The zero-order valence-electron chi connectivity index (χ0n) is 11.7. The first-order valence-electron chi connectivity index (χ1n) is 6.93. The van der Waals surface area contributed by atoms with Crippen molar-refractivity contribution in [1.82, 2.24) is 10.2 Å². The average molecular weight is 276 g/mol. The summed E-state index contributed by atoms with van der Waals surface area (Å²) in [6.07, 6.45) is 2.09. The number of carbonyl (C=O) groups excluding carboxylic acids is 2. The first kappa shape index (κ1) is 14.4. The van der Waals surface area contributed by atoms with Gasteiger partial charge in [0, 0.05) is 13.1 Å². The molecule has 5 heteroatoms. The Bertz CT molecular complexity index is 455. The Labute approximate surface area is 118 Å². The molecule has 1 fully saturated rings. The number of nitrogens with one attached hydrogen (secondary N) is 1. The van der Waals surface area contributed by atoms with Crippen molar-refractivity contribution < 1.29 is 14.3 Å². The molecule has 20 heavy (non-hydrogen) atoms. The van der Waals surface area contributed by atoms with E-state index in [4.69, 9.17) is 4.74 Å². The van der Waals surface area contributed by atoms with Crippen LogP contribution >= 0.6 is 0 Å². The van der Waals surface area contributed by atoms with Crippen molar-refractivity contribution in [1.29, 1.82) is 0 Å². The predicted octanol–water partition coefficient (Wildman–Crippen LogP) is 1.19. The second-order valence-corrected chi connectivity index (χ2v) is 4.92. The second kappa shape index (κ2) is 6.93. The van der Waals surface area contributed by atoms with Gasteiger partial charge < -0.3 is 15.0 Å². The predicted molar refractivity (Wildman–Crippen MR) is 75.4 cm³/mol. The van der Waals surface area contributed by atoms with Gasteiger partial charge in [0.05, 0.1) is 0 Å². The second-order valence-electron chi connectivity index (χ2n) is 4.92. The number of amides is 2. The molecule has 0 aliphatic carbocycles. The molecule has 5 nitrogen and oxygen atoms in total. The van der Waals surface area contributed by atoms with Crippen LogP contribution in [0, 0.1) is 0 Å². The molecule has 1 aliphatic rings. The van der Waals surface area contributed by atoms with Crippen LogP contribution in [0.3, 0.4) is 0 Å². The summed E-state index contributed by atoms with van der Waals surface area (Å²) < 4.78 is 5.34. The van der Waals surface area contributed by atoms with Gasteiger partial charge in [0.15, 0.2) is 6.61 Å². The van der Waals surface area contributed by atoms with Crippen LogP contribution in [0.25, 0.3) is 0 Å². The summed E-state index contributed by atoms with van der Waals surface area (Å²) in [7, 11) is 0. The highest BCUT2D eigenvalue weighted by atomic mass is 16.5. The molecule has 108 valence electrons. The van der Waals surface area contributed by atoms with Crippen molar-refractivity contribution in [3.63, 3.8) is 0 Å². The molecule has 1 aromatic carbocycles. The van der Waals surface area contributed by atoms with Crippen LogP contribution in [0.4, 0.5) is 0 Å². The standard InChI is InChI=1S/C15H20N2O3/c1-12(15(19)17-9-5-6-10-17)16-14(18)11-20-13-7-3-2-4-8-13/h2-4,7-8,12H,5-6,9-11H2,1H3,(H,16,18)/t12-/m0/s1. The molecule has 1 aromatic rings. The van der Waals surface area contributed by atoms with E-state index < -0.39 is 6.04 Å². The van der Waals surface area contributed by atoms with Crippen molar-refractivity contribution in [2.75, 3.05) is 19.7 Å². The maximum absolute atomic E-state index is 12.0. The third-order valence-electron chi connectivity index (χ3n) is 3.28. The minimum atomic E-state index is -0.500. The van der Waals surface area contributed by atoms with Gasteiger partial charge in [-0.2, -0.15) is 0 Å². The molecule has 0 aromatic heterocycles. The van der Waals surface area contributed by atoms with E-state index in [1.165, 1.54) is 0 Å². The average Bonchev–Trinajstić information content (AvgIpc) is 2.99. The maximum Gasteiger partial charge on any atom is 0.258 e. The number of likely N-dealkylation sites (tertiary alicyclic amines) is 1. The van der Waals surface area contributed by atoms with E-state index in [0.717, 1.165) is 25.9 Å². The van der Waals surface area contributed by atoms with E-state index in [1.54, 1.807) is 24.0 Å². The largest absolute Gasteiger partial charge is 0.484 e. The molecule has 1 aliphatic heterocycles. The quantitative estimate of drug-likeness (QED) is 0.879. The molecular weight excluding hydrogens is 256 g/mol.